The standard InChI is InChI=1S/C13H23NO3S/c1-16-6-4-14-9-12(15)11-2-5-17-13(8-11)3-7-18-10-13/h11,14H,2-10H2,1H3. The van der Waals surface area contributed by atoms with Crippen molar-refractivity contribution in [2.75, 3.05) is 44.9 Å². The van der Waals surface area contributed by atoms with Gasteiger partial charge in [-0.25, -0.2) is 0 Å². The summed E-state index contributed by atoms with van der Waals surface area (Å²) in [6.07, 6.45) is 2.92. The summed E-state index contributed by atoms with van der Waals surface area (Å²) < 4.78 is 10.9. The average Bonchev–Trinajstić information content (AvgIpc) is 2.82. The fourth-order valence-corrected chi connectivity index (χ4v) is 4.07. The van der Waals surface area contributed by atoms with Crippen molar-refractivity contribution in [1.82, 2.24) is 5.32 Å². The second-order valence-electron chi connectivity index (χ2n) is 5.16. The van der Waals surface area contributed by atoms with Gasteiger partial charge in [-0.1, -0.05) is 0 Å². The smallest absolute Gasteiger partial charge is 0.149 e. The van der Waals surface area contributed by atoms with E-state index >= 15 is 0 Å². The maximum Gasteiger partial charge on any atom is 0.149 e. The lowest BCUT2D eigenvalue weighted by Crippen LogP contribution is -2.43. The van der Waals surface area contributed by atoms with Gasteiger partial charge in [-0.05, 0) is 25.0 Å². The van der Waals surface area contributed by atoms with Gasteiger partial charge >= 0.3 is 0 Å². The summed E-state index contributed by atoms with van der Waals surface area (Å²) in [5, 5.41) is 3.14. The van der Waals surface area contributed by atoms with Crippen molar-refractivity contribution in [3.05, 3.63) is 0 Å². The molecule has 0 radical (unpaired) electrons. The first-order valence-electron chi connectivity index (χ1n) is 6.70. The van der Waals surface area contributed by atoms with Gasteiger partial charge in [-0.15, -0.1) is 0 Å². The molecule has 2 unspecified atom stereocenters. The Kier molecular flexibility index (Phi) is 5.48. The summed E-state index contributed by atoms with van der Waals surface area (Å²) in [6, 6.07) is 0. The summed E-state index contributed by atoms with van der Waals surface area (Å²) in [5.41, 5.74) is 0.00970. The Bertz CT molecular complexity index is 279. The minimum atomic E-state index is 0.00970. The van der Waals surface area contributed by atoms with E-state index < -0.39 is 0 Å². The van der Waals surface area contributed by atoms with Crippen LogP contribution in [0.4, 0.5) is 0 Å². The number of Topliss-reactive ketones (excluding diaryl/α,β-unsaturated/α-hetero) is 1. The number of ether oxygens (including phenoxy) is 2. The predicted octanol–water partition coefficient (Wildman–Crippen LogP) is 1.09. The largest absolute Gasteiger partial charge is 0.383 e. The minimum absolute atomic E-state index is 0.00970. The summed E-state index contributed by atoms with van der Waals surface area (Å²) >= 11 is 1.95. The van der Waals surface area contributed by atoms with Crippen LogP contribution in [0, 0.1) is 5.92 Å². The predicted molar refractivity (Wildman–Crippen MR) is 73.1 cm³/mol. The van der Waals surface area contributed by atoms with E-state index in [1.807, 2.05) is 11.8 Å². The number of hydrogen-bond donors (Lipinski definition) is 1. The summed E-state index contributed by atoms with van der Waals surface area (Å²) in [7, 11) is 1.67. The number of methoxy groups -OCH3 is 1. The number of ketones is 1. The van der Waals surface area contributed by atoms with Crippen molar-refractivity contribution in [2.45, 2.75) is 24.9 Å². The van der Waals surface area contributed by atoms with Gasteiger partial charge in [-0.3, -0.25) is 4.79 Å². The quantitative estimate of drug-likeness (QED) is 0.734. The van der Waals surface area contributed by atoms with E-state index in [9.17, 15) is 4.79 Å². The van der Waals surface area contributed by atoms with Gasteiger partial charge in [0.15, 0.2) is 0 Å². The highest BCUT2D eigenvalue weighted by molar-refractivity contribution is 7.99. The molecule has 2 heterocycles. The highest BCUT2D eigenvalue weighted by Crippen LogP contribution is 2.40. The zero-order valence-electron chi connectivity index (χ0n) is 11.1. The van der Waals surface area contributed by atoms with Gasteiger partial charge in [-0.2, -0.15) is 11.8 Å². The van der Waals surface area contributed by atoms with Crippen molar-refractivity contribution in [2.24, 2.45) is 5.92 Å². The first-order valence-corrected chi connectivity index (χ1v) is 7.85. The van der Waals surface area contributed by atoms with Crippen molar-refractivity contribution < 1.29 is 14.3 Å². The van der Waals surface area contributed by atoms with Crippen LogP contribution in [0.25, 0.3) is 0 Å². The second-order valence-corrected chi connectivity index (χ2v) is 6.26. The van der Waals surface area contributed by atoms with Gasteiger partial charge in [0, 0.05) is 31.9 Å². The lowest BCUT2D eigenvalue weighted by atomic mass is 9.83. The number of rotatable bonds is 6. The Morgan fingerprint density at radius 1 is 1.61 bits per heavy atom. The van der Waals surface area contributed by atoms with E-state index in [1.165, 1.54) is 5.75 Å². The van der Waals surface area contributed by atoms with Crippen LogP contribution in [0.3, 0.4) is 0 Å². The summed E-state index contributed by atoms with van der Waals surface area (Å²) in [6.45, 7) is 2.61. The van der Waals surface area contributed by atoms with Crippen molar-refractivity contribution in [3.8, 4) is 0 Å². The highest BCUT2D eigenvalue weighted by Gasteiger charge is 2.42. The van der Waals surface area contributed by atoms with Crippen molar-refractivity contribution in [3.63, 3.8) is 0 Å². The number of carbonyl (C=O) groups excluding carboxylic acids is 1. The van der Waals surface area contributed by atoms with Crippen LogP contribution in [-0.4, -0.2) is 56.3 Å². The lowest BCUT2D eigenvalue weighted by molar-refractivity contribution is -0.133. The van der Waals surface area contributed by atoms with Crippen molar-refractivity contribution in [1.29, 1.82) is 0 Å². The Balaban J connectivity index is 1.75. The van der Waals surface area contributed by atoms with Crippen LogP contribution in [-0.2, 0) is 14.3 Å². The lowest BCUT2D eigenvalue weighted by Gasteiger charge is -2.37. The average molecular weight is 273 g/mol. The number of nitrogens with one attached hydrogen (secondary N) is 1. The topological polar surface area (TPSA) is 47.6 Å². The molecule has 2 aliphatic heterocycles. The molecule has 2 rings (SSSR count). The maximum atomic E-state index is 12.1. The molecule has 2 fully saturated rings. The summed E-state index contributed by atoms with van der Waals surface area (Å²) in [5.74, 6) is 2.76. The maximum absolute atomic E-state index is 12.1. The van der Waals surface area contributed by atoms with Gasteiger partial charge in [0.2, 0.25) is 0 Å². The molecular formula is C13H23NO3S. The van der Waals surface area contributed by atoms with Gasteiger partial charge < -0.3 is 14.8 Å². The van der Waals surface area contributed by atoms with E-state index in [0.29, 0.717) is 18.9 Å². The molecule has 0 amide bonds. The van der Waals surface area contributed by atoms with Gasteiger partial charge in [0.1, 0.15) is 5.78 Å². The Hall–Kier alpha value is -0.100. The molecule has 5 heteroatoms. The van der Waals surface area contributed by atoms with Crippen LogP contribution < -0.4 is 5.32 Å². The number of carbonyl (C=O) groups is 1. The SMILES string of the molecule is COCCNCC(=O)C1CCOC2(CCSC2)C1. The van der Waals surface area contributed by atoms with Gasteiger partial charge in [0.25, 0.3) is 0 Å². The number of hydrogen-bond acceptors (Lipinski definition) is 5. The molecule has 2 aliphatic rings. The zero-order valence-corrected chi connectivity index (χ0v) is 11.9. The zero-order chi connectivity index (χ0) is 12.8. The molecule has 0 aliphatic carbocycles. The molecule has 1 spiro atoms. The fraction of sp³-hybridized carbons (Fsp3) is 0.923. The Morgan fingerprint density at radius 2 is 2.50 bits per heavy atom. The molecule has 4 nitrogen and oxygen atoms in total. The van der Waals surface area contributed by atoms with E-state index in [4.69, 9.17) is 9.47 Å². The fourth-order valence-electron chi connectivity index (χ4n) is 2.70. The van der Waals surface area contributed by atoms with E-state index in [1.54, 1.807) is 7.11 Å². The van der Waals surface area contributed by atoms with E-state index in [-0.39, 0.29) is 11.5 Å². The third kappa shape index (κ3) is 3.70. The molecule has 18 heavy (non-hydrogen) atoms. The molecular weight excluding hydrogens is 250 g/mol. The van der Waals surface area contributed by atoms with Crippen molar-refractivity contribution >= 4 is 17.5 Å². The molecule has 1 N–H and O–H groups in total. The van der Waals surface area contributed by atoms with Crippen LogP contribution in [0.15, 0.2) is 0 Å². The Morgan fingerprint density at radius 3 is 3.22 bits per heavy atom. The minimum Gasteiger partial charge on any atom is -0.383 e. The molecule has 0 aromatic heterocycles. The van der Waals surface area contributed by atoms with Crippen LogP contribution >= 0.6 is 11.8 Å². The first-order chi connectivity index (χ1) is 8.76. The Labute approximate surface area is 113 Å². The monoisotopic (exact) mass is 273 g/mol. The molecule has 0 saturated carbocycles. The van der Waals surface area contributed by atoms with E-state index in [0.717, 1.165) is 38.2 Å². The van der Waals surface area contributed by atoms with E-state index in [2.05, 4.69) is 5.32 Å². The van der Waals surface area contributed by atoms with Crippen LogP contribution in [0.1, 0.15) is 19.3 Å². The van der Waals surface area contributed by atoms with Crippen LogP contribution in [0.2, 0.25) is 0 Å². The molecule has 2 saturated heterocycles. The third-order valence-corrected chi connectivity index (χ3v) is 5.02. The van der Waals surface area contributed by atoms with Crippen LogP contribution in [0.5, 0.6) is 0 Å². The highest BCUT2D eigenvalue weighted by atomic mass is 32.2. The molecule has 0 aromatic carbocycles. The normalized spacial score (nSPS) is 31.9. The molecule has 0 aromatic rings. The first kappa shape index (κ1) is 14.3. The molecule has 0 bridgehead atoms. The number of thioether (sulfide) groups is 1. The van der Waals surface area contributed by atoms with Gasteiger partial charge in [0.05, 0.1) is 18.8 Å². The second kappa shape index (κ2) is 6.89. The molecule has 2 atom stereocenters. The molecule has 104 valence electrons. The summed E-state index contributed by atoms with van der Waals surface area (Å²) in [4.78, 5) is 12.1. The third-order valence-electron chi connectivity index (χ3n) is 3.80.